The number of hydrogen-bond acceptors (Lipinski definition) is 4. The number of aryl methyl sites for hydroxylation is 1. The fourth-order valence-electron chi connectivity index (χ4n) is 3.61. The minimum Gasteiger partial charge on any atom is -0.357 e. The molecule has 0 bridgehead atoms. The summed E-state index contributed by atoms with van der Waals surface area (Å²) < 4.78 is 2.20. The first-order chi connectivity index (χ1) is 14.0. The average Bonchev–Trinajstić information content (AvgIpc) is 3.14. The summed E-state index contributed by atoms with van der Waals surface area (Å²) in [6.45, 7) is 13.0. The standard InChI is InChI=1S/C22H35N7/c1-5-23-22(26-15-21-24-10-13-29(21)16-17(2)3)27-19-8-11-28(12-9-19)20-7-6-18(4)14-25-20/h6-7,10,13-14,17,19H,5,8-9,11-12,15-16H2,1-4H3,(H2,23,26,27). The number of guanidine groups is 1. The summed E-state index contributed by atoms with van der Waals surface area (Å²) >= 11 is 0. The highest BCUT2D eigenvalue weighted by Crippen LogP contribution is 2.18. The summed E-state index contributed by atoms with van der Waals surface area (Å²) in [5, 5.41) is 6.99. The number of piperidine rings is 1. The molecule has 1 aliphatic heterocycles. The molecule has 0 saturated carbocycles. The Morgan fingerprint density at radius 1 is 1.24 bits per heavy atom. The van der Waals surface area contributed by atoms with Crippen LogP contribution in [0.15, 0.2) is 35.7 Å². The quantitative estimate of drug-likeness (QED) is 0.555. The van der Waals surface area contributed by atoms with Gasteiger partial charge in [-0.25, -0.2) is 15.0 Å². The van der Waals surface area contributed by atoms with Gasteiger partial charge in [0, 0.05) is 50.8 Å². The van der Waals surface area contributed by atoms with Gasteiger partial charge >= 0.3 is 0 Å². The van der Waals surface area contributed by atoms with Crippen molar-refractivity contribution in [2.45, 2.75) is 59.7 Å². The van der Waals surface area contributed by atoms with Gasteiger partial charge in [0.1, 0.15) is 18.2 Å². The molecule has 2 N–H and O–H groups in total. The van der Waals surface area contributed by atoms with Crippen LogP contribution in [-0.4, -0.2) is 46.2 Å². The molecule has 3 rings (SSSR count). The zero-order valence-electron chi connectivity index (χ0n) is 18.2. The van der Waals surface area contributed by atoms with Crippen molar-refractivity contribution < 1.29 is 0 Å². The highest BCUT2D eigenvalue weighted by Gasteiger charge is 2.21. The second-order valence-electron chi connectivity index (χ2n) is 8.18. The van der Waals surface area contributed by atoms with Crippen molar-refractivity contribution in [1.29, 1.82) is 0 Å². The lowest BCUT2D eigenvalue weighted by atomic mass is 10.1. The first-order valence-electron chi connectivity index (χ1n) is 10.8. The lowest BCUT2D eigenvalue weighted by molar-refractivity contribution is 0.459. The number of rotatable bonds is 7. The topological polar surface area (TPSA) is 70.4 Å². The monoisotopic (exact) mass is 397 g/mol. The maximum atomic E-state index is 4.79. The van der Waals surface area contributed by atoms with Crippen LogP contribution in [-0.2, 0) is 13.1 Å². The van der Waals surface area contributed by atoms with Crippen molar-refractivity contribution in [3.63, 3.8) is 0 Å². The number of aliphatic imine (C=N–C) groups is 1. The van der Waals surface area contributed by atoms with E-state index in [1.165, 1.54) is 5.56 Å². The van der Waals surface area contributed by atoms with Gasteiger partial charge in [0.2, 0.25) is 0 Å². The molecule has 0 aromatic carbocycles. The van der Waals surface area contributed by atoms with E-state index in [2.05, 4.69) is 69.9 Å². The van der Waals surface area contributed by atoms with Crippen molar-refractivity contribution in [1.82, 2.24) is 25.2 Å². The number of pyridine rings is 1. The normalized spacial score (nSPS) is 15.8. The number of imidazole rings is 1. The second kappa shape index (κ2) is 10.3. The molecule has 2 aromatic heterocycles. The molecule has 0 aliphatic carbocycles. The zero-order chi connectivity index (χ0) is 20.6. The average molecular weight is 398 g/mol. The van der Waals surface area contributed by atoms with Gasteiger partial charge in [0.15, 0.2) is 5.96 Å². The van der Waals surface area contributed by atoms with E-state index in [1.807, 2.05) is 18.6 Å². The summed E-state index contributed by atoms with van der Waals surface area (Å²) in [6.07, 6.45) is 7.99. The molecule has 7 nitrogen and oxygen atoms in total. The predicted octanol–water partition coefficient (Wildman–Crippen LogP) is 2.97. The van der Waals surface area contributed by atoms with E-state index in [4.69, 9.17) is 4.99 Å². The van der Waals surface area contributed by atoms with Crippen LogP contribution in [0.2, 0.25) is 0 Å². The van der Waals surface area contributed by atoms with Crippen LogP contribution in [0.3, 0.4) is 0 Å². The van der Waals surface area contributed by atoms with E-state index in [0.29, 0.717) is 18.5 Å². The van der Waals surface area contributed by atoms with E-state index >= 15 is 0 Å². The van der Waals surface area contributed by atoms with Crippen LogP contribution < -0.4 is 15.5 Å². The highest BCUT2D eigenvalue weighted by molar-refractivity contribution is 5.80. The molecular formula is C22H35N7. The van der Waals surface area contributed by atoms with Crippen molar-refractivity contribution in [3.05, 3.63) is 42.1 Å². The molecular weight excluding hydrogens is 362 g/mol. The van der Waals surface area contributed by atoms with Gasteiger partial charge in [-0.15, -0.1) is 0 Å². The molecule has 2 aromatic rings. The van der Waals surface area contributed by atoms with E-state index < -0.39 is 0 Å². The van der Waals surface area contributed by atoms with Gasteiger partial charge in [-0.3, -0.25) is 0 Å². The number of anilines is 1. The molecule has 7 heteroatoms. The molecule has 1 fully saturated rings. The Bertz CT molecular complexity index is 771. The SMILES string of the molecule is CCNC(=NCc1nccn1CC(C)C)NC1CCN(c2ccc(C)cn2)CC1. The Morgan fingerprint density at radius 3 is 2.69 bits per heavy atom. The first kappa shape index (κ1) is 21.1. The maximum absolute atomic E-state index is 4.79. The molecule has 158 valence electrons. The van der Waals surface area contributed by atoms with E-state index in [-0.39, 0.29) is 0 Å². The second-order valence-corrected chi connectivity index (χ2v) is 8.18. The number of hydrogen-bond donors (Lipinski definition) is 2. The van der Waals surface area contributed by atoms with Crippen LogP contribution in [0.4, 0.5) is 5.82 Å². The third kappa shape index (κ3) is 6.21. The third-order valence-electron chi connectivity index (χ3n) is 5.14. The van der Waals surface area contributed by atoms with Gasteiger partial charge in [0.25, 0.3) is 0 Å². The van der Waals surface area contributed by atoms with Gasteiger partial charge in [-0.05, 0) is 44.2 Å². The van der Waals surface area contributed by atoms with Gasteiger partial charge in [-0.1, -0.05) is 19.9 Å². The Kier molecular flexibility index (Phi) is 7.49. The maximum Gasteiger partial charge on any atom is 0.191 e. The molecule has 0 radical (unpaired) electrons. The largest absolute Gasteiger partial charge is 0.357 e. The van der Waals surface area contributed by atoms with Crippen molar-refractivity contribution in [2.75, 3.05) is 24.5 Å². The predicted molar refractivity (Wildman–Crippen MR) is 119 cm³/mol. The number of aromatic nitrogens is 3. The lowest BCUT2D eigenvalue weighted by Crippen LogP contribution is -2.48. The van der Waals surface area contributed by atoms with E-state index in [0.717, 1.165) is 56.6 Å². The first-order valence-corrected chi connectivity index (χ1v) is 10.8. The number of nitrogens with one attached hydrogen (secondary N) is 2. The van der Waals surface area contributed by atoms with E-state index in [1.54, 1.807) is 0 Å². The van der Waals surface area contributed by atoms with Crippen LogP contribution in [0.25, 0.3) is 0 Å². The van der Waals surface area contributed by atoms with Crippen LogP contribution >= 0.6 is 0 Å². The zero-order valence-corrected chi connectivity index (χ0v) is 18.2. The molecule has 0 atom stereocenters. The van der Waals surface area contributed by atoms with Crippen molar-refractivity contribution >= 4 is 11.8 Å². The van der Waals surface area contributed by atoms with Gasteiger partial charge in [0.05, 0.1) is 0 Å². The Balaban J connectivity index is 1.55. The minimum atomic E-state index is 0.421. The van der Waals surface area contributed by atoms with Gasteiger partial charge in [-0.2, -0.15) is 0 Å². The molecule has 1 saturated heterocycles. The lowest BCUT2D eigenvalue weighted by Gasteiger charge is -2.33. The Morgan fingerprint density at radius 2 is 2.03 bits per heavy atom. The van der Waals surface area contributed by atoms with E-state index in [9.17, 15) is 0 Å². The molecule has 0 spiro atoms. The fraction of sp³-hybridized carbons (Fsp3) is 0.591. The summed E-state index contributed by atoms with van der Waals surface area (Å²) in [5.74, 6) is 3.55. The number of nitrogens with zero attached hydrogens (tertiary/aromatic N) is 5. The van der Waals surface area contributed by atoms with Crippen LogP contribution in [0, 0.1) is 12.8 Å². The summed E-state index contributed by atoms with van der Waals surface area (Å²) in [7, 11) is 0. The van der Waals surface area contributed by atoms with Crippen molar-refractivity contribution in [2.24, 2.45) is 10.9 Å². The summed E-state index contributed by atoms with van der Waals surface area (Å²) in [4.78, 5) is 16.2. The van der Waals surface area contributed by atoms with Crippen LogP contribution in [0.1, 0.15) is 45.0 Å². The molecule has 1 aliphatic rings. The Labute approximate surface area is 174 Å². The molecule has 0 amide bonds. The summed E-state index contributed by atoms with van der Waals surface area (Å²) in [6, 6.07) is 4.67. The third-order valence-corrected chi connectivity index (χ3v) is 5.14. The van der Waals surface area contributed by atoms with Gasteiger partial charge < -0.3 is 20.1 Å². The molecule has 0 unspecified atom stereocenters. The molecule has 3 heterocycles. The van der Waals surface area contributed by atoms with Crippen molar-refractivity contribution in [3.8, 4) is 0 Å². The van der Waals surface area contributed by atoms with Crippen LogP contribution in [0.5, 0.6) is 0 Å². The highest BCUT2D eigenvalue weighted by atomic mass is 15.2. The summed E-state index contributed by atoms with van der Waals surface area (Å²) in [5.41, 5.74) is 1.20. The minimum absolute atomic E-state index is 0.421. The fourth-order valence-corrected chi connectivity index (χ4v) is 3.61. The Hall–Kier alpha value is -2.57. The molecule has 29 heavy (non-hydrogen) atoms. The smallest absolute Gasteiger partial charge is 0.191 e.